The Kier molecular flexibility index (Phi) is 1.54. The molecule has 0 spiro atoms. The van der Waals surface area contributed by atoms with Crippen LogP contribution >= 0.6 is 11.6 Å². The number of benzene rings is 1. The summed E-state index contributed by atoms with van der Waals surface area (Å²) in [6, 6.07) is 2.90. The molecule has 0 unspecified atom stereocenters. The molecule has 0 atom stereocenters. The first-order valence-corrected chi connectivity index (χ1v) is 3.86. The number of nitrogens with zero attached hydrogens (tertiary/aromatic N) is 1. The third kappa shape index (κ3) is 0.975. The van der Waals surface area contributed by atoms with Crippen molar-refractivity contribution in [2.45, 2.75) is 6.92 Å². The lowest BCUT2D eigenvalue weighted by Gasteiger charge is -1.93. The summed E-state index contributed by atoms with van der Waals surface area (Å²) in [4.78, 5) is 0. The molecule has 4 heteroatoms. The van der Waals surface area contributed by atoms with Gasteiger partial charge in [-0.25, -0.2) is 4.39 Å². The highest BCUT2D eigenvalue weighted by atomic mass is 35.5. The molecule has 0 bridgehead atoms. The first-order chi connectivity index (χ1) is 5.68. The Morgan fingerprint density at radius 3 is 3.00 bits per heavy atom. The van der Waals surface area contributed by atoms with Crippen molar-refractivity contribution in [3.8, 4) is 0 Å². The van der Waals surface area contributed by atoms with Gasteiger partial charge in [-0.05, 0) is 19.1 Å². The van der Waals surface area contributed by atoms with Gasteiger partial charge in [0.15, 0.2) is 0 Å². The van der Waals surface area contributed by atoms with Crippen LogP contribution in [0.4, 0.5) is 4.39 Å². The molecule has 0 amide bonds. The van der Waals surface area contributed by atoms with Gasteiger partial charge in [-0.1, -0.05) is 11.6 Å². The van der Waals surface area contributed by atoms with E-state index in [-0.39, 0.29) is 5.02 Å². The van der Waals surface area contributed by atoms with Gasteiger partial charge in [-0.3, -0.25) is 5.10 Å². The highest BCUT2D eigenvalue weighted by molar-refractivity contribution is 6.31. The van der Waals surface area contributed by atoms with Crippen LogP contribution < -0.4 is 0 Å². The molecule has 62 valence electrons. The highest BCUT2D eigenvalue weighted by Gasteiger charge is 2.06. The highest BCUT2D eigenvalue weighted by Crippen LogP contribution is 2.22. The fraction of sp³-hybridized carbons (Fsp3) is 0.125. The van der Waals surface area contributed by atoms with E-state index in [1.165, 1.54) is 12.1 Å². The average Bonchev–Trinajstić information content (AvgIpc) is 2.35. The summed E-state index contributed by atoms with van der Waals surface area (Å²) in [5.74, 6) is -0.409. The van der Waals surface area contributed by atoms with Gasteiger partial charge in [0.25, 0.3) is 0 Å². The van der Waals surface area contributed by atoms with E-state index in [1.54, 1.807) is 0 Å². The van der Waals surface area contributed by atoms with E-state index in [4.69, 9.17) is 11.6 Å². The van der Waals surface area contributed by atoms with E-state index in [0.29, 0.717) is 5.52 Å². The van der Waals surface area contributed by atoms with Crippen molar-refractivity contribution < 1.29 is 4.39 Å². The van der Waals surface area contributed by atoms with Crippen molar-refractivity contribution in [1.82, 2.24) is 10.2 Å². The fourth-order valence-corrected chi connectivity index (χ4v) is 1.29. The maximum atomic E-state index is 12.9. The summed E-state index contributed by atoms with van der Waals surface area (Å²) in [5, 5.41) is 7.58. The van der Waals surface area contributed by atoms with Crippen LogP contribution in [0.5, 0.6) is 0 Å². The minimum absolute atomic E-state index is 0.106. The molecule has 2 nitrogen and oxygen atoms in total. The largest absolute Gasteiger partial charge is 0.282 e. The van der Waals surface area contributed by atoms with E-state index in [2.05, 4.69) is 10.2 Å². The molecule has 0 aliphatic carbocycles. The normalized spacial score (nSPS) is 10.9. The summed E-state index contributed by atoms with van der Waals surface area (Å²) >= 11 is 5.57. The third-order valence-corrected chi connectivity index (χ3v) is 2.08. The predicted molar refractivity (Wildman–Crippen MR) is 45.8 cm³/mol. The molecule has 2 aromatic rings. The lowest BCUT2D eigenvalue weighted by Crippen LogP contribution is -1.77. The maximum Gasteiger partial charge on any atom is 0.142 e. The Labute approximate surface area is 73.3 Å². The third-order valence-electron chi connectivity index (χ3n) is 1.79. The van der Waals surface area contributed by atoms with E-state index >= 15 is 0 Å². The van der Waals surface area contributed by atoms with Crippen molar-refractivity contribution in [1.29, 1.82) is 0 Å². The number of aryl methyl sites for hydroxylation is 1. The Bertz CT molecular complexity index is 436. The topological polar surface area (TPSA) is 28.7 Å². The molecular weight excluding hydrogens is 179 g/mol. The number of fused-ring (bicyclic) bond motifs is 1. The summed E-state index contributed by atoms with van der Waals surface area (Å²) in [6.07, 6.45) is 0. The molecule has 0 saturated carbocycles. The standard InChI is InChI=1S/C8H6ClFN2/c1-4-5-2-7(10)6(9)3-8(5)12-11-4/h2-3H,1H3,(H,11,12). The molecule has 2 rings (SSSR count). The monoisotopic (exact) mass is 184 g/mol. The van der Waals surface area contributed by atoms with Gasteiger partial charge >= 0.3 is 0 Å². The van der Waals surface area contributed by atoms with Crippen molar-refractivity contribution in [3.05, 3.63) is 28.7 Å². The van der Waals surface area contributed by atoms with Crippen LogP contribution in [-0.4, -0.2) is 10.2 Å². The van der Waals surface area contributed by atoms with E-state index in [1.807, 2.05) is 6.92 Å². The Morgan fingerprint density at radius 2 is 2.25 bits per heavy atom. The molecular formula is C8H6ClFN2. The zero-order chi connectivity index (χ0) is 8.72. The van der Waals surface area contributed by atoms with Crippen molar-refractivity contribution in [2.24, 2.45) is 0 Å². The average molecular weight is 185 g/mol. The Hall–Kier alpha value is -1.09. The zero-order valence-electron chi connectivity index (χ0n) is 6.36. The number of halogens is 2. The molecule has 0 fully saturated rings. The second kappa shape index (κ2) is 2.45. The number of hydrogen-bond donors (Lipinski definition) is 1. The summed E-state index contributed by atoms with van der Waals surface area (Å²) in [5.41, 5.74) is 1.54. The van der Waals surface area contributed by atoms with Crippen LogP contribution in [0.15, 0.2) is 12.1 Å². The molecule has 12 heavy (non-hydrogen) atoms. The maximum absolute atomic E-state index is 12.9. The molecule has 1 N–H and O–H groups in total. The smallest absolute Gasteiger partial charge is 0.142 e. The lowest BCUT2D eigenvalue weighted by molar-refractivity contribution is 0.630. The minimum atomic E-state index is -0.409. The first-order valence-electron chi connectivity index (χ1n) is 3.48. The van der Waals surface area contributed by atoms with Crippen molar-refractivity contribution in [3.63, 3.8) is 0 Å². The van der Waals surface area contributed by atoms with Gasteiger partial charge < -0.3 is 0 Å². The summed E-state index contributed by atoms with van der Waals surface area (Å²) < 4.78 is 12.9. The number of aromatic nitrogens is 2. The minimum Gasteiger partial charge on any atom is -0.282 e. The SMILES string of the molecule is Cc1[nH]nc2cc(Cl)c(F)cc12. The Morgan fingerprint density at radius 1 is 1.50 bits per heavy atom. The Balaban J connectivity index is 2.87. The van der Waals surface area contributed by atoms with Crippen LogP contribution in [0.1, 0.15) is 5.69 Å². The van der Waals surface area contributed by atoms with Gasteiger partial charge in [0.05, 0.1) is 10.5 Å². The first kappa shape index (κ1) is 7.55. The van der Waals surface area contributed by atoms with Crippen LogP contribution in [0.3, 0.4) is 0 Å². The van der Waals surface area contributed by atoms with Crippen molar-refractivity contribution in [2.75, 3.05) is 0 Å². The van der Waals surface area contributed by atoms with Gasteiger partial charge in [0.1, 0.15) is 5.82 Å². The predicted octanol–water partition coefficient (Wildman–Crippen LogP) is 2.66. The molecule has 0 radical (unpaired) electrons. The van der Waals surface area contributed by atoms with Crippen LogP contribution in [0.2, 0.25) is 5.02 Å². The van der Waals surface area contributed by atoms with Crippen molar-refractivity contribution >= 4 is 22.5 Å². The molecule has 0 aliphatic rings. The number of aromatic amines is 1. The molecule has 0 saturated heterocycles. The lowest BCUT2D eigenvalue weighted by atomic mass is 10.2. The summed E-state index contributed by atoms with van der Waals surface area (Å²) in [6.45, 7) is 1.84. The quantitative estimate of drug-likeness (QED) is 0.670. The van der Waals surface area contributed by atoms with Crippen LogP contribution in [-0.2, 0) is 0 Å². The van der Waals surface area contributed by atoms with E-state index in [9.17, 15) is 4.39 Å². The van der Waals surface area contributed by atoms with E-state index < -0.39 is 5.82 Å². The van der Waals surface area contributed by atoms with Gasteiger partial charge in [-0.15, -0.1) is 0 Å². The number of nitrogens with one attached hydrogen (secondary N) is 1. The molecule has 1 aromatic carbocycles. The summed E-state index contributed by atoms with van der Waals surface area (Å²) in [7, 11) is 0. The van der Waals surface area contributed by atoms with E-state index in [0.717, 1.165) is 11.1 Å². The zero-order valence-corrected chi connectivity index (χ0v) is 7.11. The number of rotatable bonds is 0. The molecule has 1 heterocycles. The molecule has 1 aromatic heterocycles. The second-order valence-corrected chi connectivity index (χ2v) is 3.04. The van der Waals surface area contributed by atoms with Gasteiger partial charge in [0, 0.05) is 11.1 Å². The molecule has 0 aliphatic heterocycles. The van der Waals surface area contributed by atoms with Crippen LogP contribution in [0.25, 0.3) is 10.9 Å². The van der Waals surface area contributed by atoms with Gasteiger partial charge in [0.2, 0.25) is 0 Å². The number of hydrogen-bond acceptors (Lipinski definition) is 1. The number of H-pyrrole nitrogens is 1. The van der Waals surface area contributed by atoms with Crippen LogP contribution in [0, 0.1) is 12.7 Å². The fourth-order valence-electron chi connectivity index (χ4n) is 1.13. The van der Waals surface area contributed by atoms with Gasteiger partial charge in [-0.2, -0.15) is 5.10 Å². The second-order valence-electron chi connectivity index (χ2n) is 2.63.